The lowest BCUT2D eigenvalue weighted by Crippen LogP contribution is -2.37. The Morgan fingerprint density at radius 3 is 2.56 bits per heavy atom. The molecule has 0 radical (unpaired) electrons. The summed E-state index contributed by atoms with van der Waals surface area (Å²) in [5, 5.41) is 1.45. The van der Waals surface area contributed by atoms with E-state index in [0.717, 1.165) is 12.0 Å². The van der Waals surface area contributed by atoms with E-state index in [1.54, 1.807) is 18.2 Å². The fourth-order valence-corrected chi connectivity index (χ4v) is 5.58. The monoisotopic (exact) mass is 544 g/mol. The maximum atomic E-state index is 12.9. The van der Waals surface area contributed by atoms with E-state index in [9.17, 15) is 13.2 Å². The predicted octanol–water partition coefficient (Wildman–Crippen LogP) is 5.47. The number of sulfonamides is 1. The molecule has 1 aliphatic rings. The van der Waals surface area contributed by atoms with E-state index in [-0.39, 0.29) is 22.9 Å². The molecule has 6 nitrogen and oxygen atoms in total. The average Bonchev–Trinajstić information content (AvgIpc) is 3.16. The van der Waals surface area contributed by atoms with E-state index in [1.165, 1.54) is 19.2 Å². The molecule has 2 aromatic rings. The molecule has 1 saturated heterocycles. The second-order valence-corrected chi connectivity index (χ2v) is 11.1. The number of carbonyl (C=O) groups is 1. The molecule has 10 heteroatoms. The molecule has 0 unspecified atom stereocenters. The van der Waals surface area contributed by atoms with Crippen molar-refractivity contribution in [1.29, 1.82) is 0 Å². The minimum atomic E-state index is -3.68. The first-order valence-electron chi connectivity index (χ1n) is 10.9. The van der Waals surface area contributed by atoms with Gasteiger partial charge in [-0.15, -0.1) is 0 Å². The van der Waals surface area contributed by atoms with Crippen molar-refractivity contribution in [3.05, 3.63) is 75.2 Å². The van der Waals surface area contributed by atoms with Crippen LogP contribution in [0.3, 0.4) is 0 Å². The number of methoxy groups -OCH3 is 1. The summed E-state index contributed by atoms with van der Waals surface area (Å²) in [4.78, 5) is 13.7. The molecule has 0 aliphatic carbocycles. The van der Waals surface area contributed by atoms with Crippen LogP contribution in [0.2, 0.25) is 15.1 Å². The maximum Gasteiger partial charge on any atom is 0.305 e. The SMILES string of the molecule is COC(=O)CCC/C=C\[C@@H]1C[C@@H](NS(=O)(=O)c2ccc(Cl)cc2)CN1Cc1ccc(Cl)c(Cl)c1. The van der Waals surface area contributed by atoms with Gasteiger partial charge in [0.2, 0.25) is 10.0 Å². The van der Waals surface area contributed by atoms with Crippen LogP contribution in [0.15, 0.2) is 59.5 Å². The van der Waals surface area contributed by atoms with E-state index >= 15 is 0 Å². The van der Waals surface area contributed by atoms with Gasteiger partial charge in [-0.2, -0.15) is 0 Å². The maximum absolute atomic E-state index is 12.9. The van der Waals surface area contributed by atoms with Crippen LogP contribution in [0, 0.1) is 0 Å². The number of likely N-dealkylation sites (tertiary alicyclic amines) is 1. The van der Waals surface area contributed by atoms with Crippen LogP contribution in [0.1, 0.15) is 31.2 Å². The van der Waals surface area contributed by atoms with E-state index in [1.807, 2.05) is 18.2 Å². The van der Waals surface area contributed by atoms with Gasteiger partial charge in [0.05, 0.1) is 22.1 Å². The summed E-state index contributed by atoms with van der Waals surface area (Å²) < 4.78 is 33.3. The molecule has 184 valence electrons. The Morgan fingerprint density at radius 2 is 1.88 bits per heavy atom. The summed E-state index contributed by atoms with van der Waals surface area (Å²) in [5.41, 5.74) is 0.986. The number of carbonyl (C=O) groups excluding carboxylic acids is 1. The standard InChI is InChI=1S/C24H27Cl3N2O4S/c1-33-24(30)6-4-2-3-5-20-14-19(28-34(31,32)21-10-8-18(25)9-11-21)16-29(20)15-17-7-12-22(26)23(27)13-17/h3,5,7-13,19-20,28H,2,4,6,14-16H2,1H3/b5-3-/t19-,20-/m1/s1. The third kappa shape index (κ3) is 7.70. The third-order valence-electron chi connectivity index (χ3n) is 5.60. The second kappa shape index (κ2) is 12.4. The minimum Gasteiger partial charge on any atom is -0.469 e. The molecule has 1 heterocycles. The van der Waals surface area contributed by atoms with Crippen molar-refractivity contribution in [1.82, 2.24) is 9.62 Å². The van der Waals surface area contributed by atoms with E-state index in [4.69, 9.17) is 34.8 Å². The topological polar surface area (TPSA) is 75.7 Å². The second-order valence-electron chi connectivity index (χ2n) is 8.15. The highest BCUT2D eigenvalue weighted by Crippen LogP contribution is 2.27. The number of esters is 1. The number of rotatable bonds is 10. The molecule has 0 amide bonds. The van der Waals surface area contributed by atoms with Crippen LogP contribution in [0.5, 0.6) is 0 Å². The highest BCUT2D eigenvalue weighted by Gasteiger charge is 2.33. The number of hydrogen-bond donors (Lipinski definition) is 1. The van der Waals surface area contributed by atoms with Gasteiger partial charge < -0.3 is 4.74 Å². The Morgan fingerprint density at radius 1 is 1.15 bits per heavy atom. The molecular weight excluding hydrogens is 519 g/mol. The van der Waals surface area contributed by atoms with Gasteiger partial charge in [0.1, 0.15) is 0 Å². The lowest BCUT2D eigenvalue weighted by molar-refractivity contribution is -0.140. The van der Waals surface area contributed by atoms with Gasteiger partial charge in [-0.05, 0) is 61.2 Å². The Labute approximate surface area is 215 Å². The largest absolute Gasteiger partial charge is 0.469 e. The smallest absolute Gasteiger partial charge is 0.305 e. The Hall–Kier alpha value is -1.61. The van der Waals surface area contributed by atoms with Crippen molar-refractivity contribution in [3.8, 4) is 0 Å². The van der Waals surface area contributed by atoms with E-state index in [0.29, 0.717) is 47.4 Å². The lowest BCUT2D eigenvalue weighted by Gasteiger charge is -2.22. The van der Waals surface area contributed by atoms with Crippen molar-refractivity contribution in [2.24, 2.45) is 0 Å². The molecular formula is C24H27Cl3N2O4S. The molecule has 0 bridgehead atoms. The summed E-state index contributed by atoms with van der Waals surface area (Å²) in [7, 11) is -2.31. The average molecular weight is 546 g/mol. The highest BCUT2D eigenvalue weighted by atomic mass is 35.5. The first-order chi connectivity index (χ1) is 16.2. The number of benzene rings is 2. The van der Waals surface area contributed by atoms with Crippen molar-refractivity contribution in [3.63, 3.8) is 0 Å². The minimum absolute atomic E-state index is 0.0190. The molecule has 3 rings (SSSR count). The zero-order valence-corrected chi connectivity index (χ0v) is 21.8. The number of allylic oxidation sites excluding steroid dienone is 1. The van der Waals surface area contributed by atoms with E-state index < -0.39 is 10.0 Å². The summed E-state index contributed by atoms with van der Waals surface area (Å²) in [6, 6.07) is 11.3. The van der Waals surface area contributed by atoms with Crippen LogP contribution in [-0.2, 0) is 26.1 Å². The number of nitrogens with one attached hydrogen (secondary N) is 1. The van der Waals surface area contributed by atoms with Gasteiger partial charge in [0.25, 0.3) is 0 Å². The Bertz CT molecular complexity index is 1120. The van der Waals surface area contributed by atoms with E-state index in [2.05, 4.69) is 20.4 Å². The van der Waals surface area contributed by atoms with Gasteiger partial charge in [-0.1, -0.05) is 53.0 Å². The Kier molecular flexibility index (Phi) is 9.83. The normalized spacial score (nSPS) is 19.1. The molecule has 1 aliphatic heterocycles. The van der Waals surface area contributed by atoms with Crippen molar-refractivity contribution >= 4 is 50.8 Å². The quantitative estimate of drug-likeness (QED) is 0.243. The summed E-state index contributed by atoms with van der Waals surface area (Å²) in [6.07, 6.45) is 6.50. The molecule has 2 aromatic carbocycles. The van der Waals surface area contributed by atoms with Crippen LogP contribution in [0.4, 0.5) is 0 Å². The van der Waals surface area contributed by atoms with Crippen molar-refractivity contribution in [2.75, 3.05) is 13.7 Å². The van der Waals surface area contributed by atoms with Gasteiger partial charge in [0, 0.05) is 36.6 Å². The fraction of sp³-hybridized carbons (Fsp3) is 0.375. The lowest BCUT2D eigenvalue weighted by atomic mass is 10.1. The van der Waals surface area contributed by atoms with Gasteiger partial charge in [-0.3, -0.25) is 9.69 Å². The zero-order chi connectivity index (χ0) is 24.7. The third-order valence-corrected chi connectivity index (χ3v) is 8.13. The molecule has 1 fully saturated rings. The van der Waals surface area contributed by atoms with Crippen molar-refractivity contribution in [2.45, 2.75) is 49.2 Å². The molecule has 34 heavy (non-hydrogen) atoms. The zero-order valence-electron chi connectivity index (χ0n) is 18.7. The molecule has 2 atom stereocenters. The molecule has 0 saturated carbocycles. The first-order valence-corrected chi connectivity index (χ1v) is 13.5. The molecule has 0 aromatic heterocycles. The number of hydrogen-bond acceptors (Lipinski definition) is 5. The first kappa shape index (κ1) is 27.0. The predicted molar refractivity (Wildman–Crippen MR) is 136 cm³/mol. The van der Waals surface area contributed by atoms with Crippen LogP contribution < -0.4 is 4.72 Å². The molecule has 1 N–H and O–H groups in total. The van der Waals surface area contributed by atoms with Crippen molar-refractivity contribution < 1.29 is 17.9 Å². The van der Waals surface area contributed by atoms with Crippen LogP contribution in [-0.4, -0.2) is 45.0 Å². The Balaban J connectivity index is 1.70. The fourth-order valence-electron chi connectivity index (χ4n) is 3.89. The number of ether oxygens (including phenoxy) is 1. The number of unbranched alkanes of at least 4 members (excludes halogenated alkanes) is 1. The van der Waals surface area contributed by atoms with Gasteiger partial charge in [0.15, 0.2) is 0 Å². The summed E-state index contributed by atoms with van der Waals surface area (Å²) in [6.45, 7) is 1.12. The van der Waals surface area contributed by atoms with Crippen LogP contribution >= 0.6 is 34.8 Å². The summed E-state index contributed by atoms with van der Waals surface area (Å²) >= 11 is 18.1. The number of nitrogens with zero attached hydrogens (tertiary/aromatic N) is 1. The van der Waals surface area contributed by atoms with Gasteiger partial charge >= 0.3 is 5.97 Å². The van der Waals surface area contributed by atoms with Crippen LogP contribution in [0.25, 0.3) is 0 Å². The van der Waals surface area contributed by atoms with Gasteiger partial charge in [-0.25, -0.2) is 13.1 Å². The molecule has 0 spiro atoms. The summed E-state index contributed by atoms with van der Waals surface area (Å²) in [5.74, 6) is -0.229. The number of halogens is 3. The highest BCUT2D eigenvalue weighted by molar-refractivity contribution is 7.89.